The summed E-state index contributed by atoms with van der Waals surface area (Å²) in [5, 5.41) is 0. The molecule has 0 saturated heterocycles. The first kappa shape index (κ1) is 25.1. The van der Waals surface area contributed by atoms with Crippen molar-refractivity contribution in [3.63, 3.8) is 0 Å². The molecule has 0 N–H and O–H groups in total. The average Bonchev–Trinajstić information content (AvgIpc) is 2.65. The molecule has 160 valence electrons. The van der Waals surface area contributed by atoms with Crippen molar-refractivity contribution in [2.75, 3.05) is 40.6 Å². The lowest BCUT2D eigenvalue weighted by atomic mass is 10.3. The van der Waals surface area contributed by atoms with Crippen LogP contribution in [0.15, 0.2) is 51.9 Å². The first-order chi connectivity index (χ1) is 13.7. The molecule has 6 nitrogen and oxygen atoms in total. The van der Waals surface area contributed by atoms with Gasteiger partial charge in [-0.3, -0.25) is 0 Å². The summed E-state index contributed by atoms with van der Waals surface area (Å²) < 4.78 is 49.6. The molecule has 0 spiro atoms. The zero-order valence-electron chi connectivity index (χ0n) is 15.5. The van der Waals surface area contributed by atoms with E-state index < -0.39 is 9.84 Å². The standard InChI is InChI=1S/C18H18Br4O6S/c1-25-3-5-27-17-13(19)7-11(8-14(17)20)29(23,24)12-9-15(21)18(16(22)10-12)28-6-4-26-2/h7-10H,3-6H2,1-2H3. The zero-order chi connectivity index (χ0) is 21.6. The summed E-state index contributed by atoms with van der Waals surface area (Å²) in [5.74, 6) is 1.01. The molecular weight excluding hydrogens is 664 g/mol. The molecule has 0 fully saturated rings. The van der Waals surface area contributed by atoms with Crippen LogP contribution in [0.5, 0.6) is 11.5 Å². The van der Waals surface area contributed by atoms with Crippen LogP contribution in [0.1, 0.15) is 0 Å². The van der Waals surface area contributed by atoms with E-state index >= 15 is 0 Å². The van der Waals surface area contributed by atoms with Gasteiger partial charge in [-0.2, -0.15) is 0 Å². The maximum atomic E-state index is 13.2. The average molecular weight is 682 g/mol. The molecule has 0 saturated carbocycles. The van der Waals surface area contributed by atoms with E-state index in [2.05, 4.69) is 63.7 Å². The Morgan fingerprint density at radius 3 is 1.24 bits per heavy atom. The fraction of sp³-hybridized carbons (Fsp3) is 0.333. The lowest BCUT2D eigenvalue weighted by molar-refractivity contribution is 0.145. The number of hydrogen-bond donors (Lipinski definition) is 0. The Morgan fingerprint density at radius 2 is 0.966 bits per heavy atom. The Hall–Kier alpha value is -0.170. The molecule has 11 heteroatoms. The second-order valence-corrected chi connectivity index (χ2v) is 11.0. The van der Waals surface area contributed by atoms with Gasteiger partial charge in [-0.15, -0.1) is 0 Å². The van der Waals surface area contributed by atoms with Gasteiger partial charge in [0.2, 0.25) is 9.84 Å². The van der Waals surface area contributed by atoms with Crippen molar-refractivity contribution < 1.29 is 27.4 Å². The van der Waals surface area contributed by atoms with Crippen LogP contribution in [0.25, 0.3) is 0 Å². The molecule has 2 aromatic carbocycles. The van der Waals surface area contributed by atoms with Crippen molar-refractivity contribution in [1.82, 2.24) is 0 Å². The molecule has 0 radical (unpaired) electrons. The van der Waals surface area contributed by atoms with E-state index in [1.807, 2.05) is 0 Å². The van der Waals surface area contributed by atoms with Crippen LogP contribution in [0.4, 0.5) is 0 Å². The van der Waals surface area contributed by atoms with Crippen molar-refractivity contribution in [3.8, 4) is 11.5 Å². The van der Waals surface area contributed by atoms with Crippen molar-refractivity contribution in [3.05, 3.63) is 42.2 Å². The fourth-order valence-corrected chi connectivity index (χ4v) is 7.05. The van der Waals surface area contributed by atoms with Crippen LogP contribution < -0.4 is 9.47 Å². The second kappa shape index (κ2) is 11.4. The molecule has 0 amide bonds. The smallest absolute Gasteiger partial charge is 0.206 e. The van der Waals surface area contributed by atoms with Gasteiger partial charge in [-0.25, -0.2) is 8.42 Å². The maximum absolute atomic E-state index is 13.2. The Balaban J connectivity index is 2.37. The van der Waals surface area contributed by atoms with Gasteiger partial charge in [0, 0.05) is 14.2 Å². The van der Waals surface area contributed by atoms with Crippen LogP contribution in [-0.2, 0) is 19.3 Å². The molecule has 0 unspecified atom stereocenters. The van der Waals surface area contributed by atoms with E-state index in [0.29, 0.717) is 55.8 Å². The SMILES string of the molecule is COCCOc1c(Br)cc(S(=O)(=O)c2cc(Br)c(OCCOC)c(Br)c2)cc1Br. The van der Waals surface area contributed by atoms with Crippen LogP contribution in [0.2, 0.25) is 0 Å². The Labute approximate surface area is 203 Å². The molecule has 0 aliphatic rings. The molecule has 0 aromatic heterocycles. The minimum Gasteiger partial charge on any atom is -0.489 e. The number of benzene rings is 2. The van der Waals surface area contributed by atoms with Crippen molar-refractivity contribution in [2.45, 2.75) is 9.79 Å². The van der Waals surface area contributed by atoms with Gasteiger partial charge in [0.05, 0.1) is 40.9 Å². The molecule has 0 heterocycles. The first-order valence-electron chi connectivity index (χ1n) is 8.19. The van der Waals surface area contributed by atoms with Crippen molar-refractivity contribution in [2.24, 2.45) is 0 Å². The fourth-order valence-electron chi connectivity index (χ4n) is 2.25. The summed E-state index contributed by atoms with van der Waals surface area (Å²) in [4.78, 5) is 0.226. The second-order valence-electron chi connectivity index (χ2n) is 5.62. The highest BCUT2D eigenvalue weighted by molar-refractivity contribution is 9.11. The van der Waals surface area contributed by atoms with E-state index in [1.54, 1.807) is 14.2 Å². The number of methoxy groups -OCH3 is 2. The van der Waals surface area contributed by atoms with E-state index in [4.69, 9.17) is 18.9 Å². The highest BCUT2D eigenvalue weighted by Crippen LogP contribution is 2.40. The van der Waals surface area contributed by atoms with Crippen LogP contribution in [-0.4, -0.2) is 49.1 Å². The van der Waals surface area contributed by atoms with Gasteiger partial charge >= 0.3 is 0 Å². The van der Waals surface area contributed by atoms with E-state index in [0.717, 1.165) is 0 Å². The van der Waals surface area contributed by atoms with Gasteiger partial charge in [-0.05, 0) is 88.0 Å². The minimum atomic E-state index is -3.79. The summed E-state index contributed by atoms with van der Waals surface area (Å²) >= 11 is 13.5. The number of rotatable bonds is 10. The molecule has 0 atom stereocenters. The van der Waals surface area contributed by atoms with Gasteiger partial charge in [0.1, 0.15) is 24.7 Å². The number of sulfone groups is 1. The molecular formula is C18H18Br4O6S. The number of halogens is 4. The van der Waals surface area contributed by atoms with E-state index in [1.165, 1.54) is 24.3 Å². The normalized spacial score (nSPS) is 11.5. The molecule has 2 rings (SSSR count). The predicted molar refractivity (Wildman–Crippen MR) is 124 cm³/mol. The van der Waals surface area contributed by atoms with E-state index in [-0.39, 0.29) is 9.79 Å². The Bertz CT molecular complexity index is 847. The zero-order valence-corrected chi connectivity index (χ0v) is 22.7. The monoisotopic (exact) mass is 678 g/mol. The van der Waals surface area contributed by atoms with Gasteiger partial charge in [0.15, 0.2) is 0 Å². The van der Waals surface area contributed by atoms with Gasteiger partial charge < -0.3 is 18.9 Å². The first-order valence-corrected chi connectivity index (χ1v) is 12.8. The van der Waals surface area contributed by atoms with Crippen molar-refractivity contribution in [1.29, 1.82) is 0 Å². The molecule has 0 bridgehead atoms. The maximum Gasteiger partial charge on any atom is 0.206 e. The van der Waals surface area contributed by atoms with E-state index in [9.17, 15) is 8.42 Å². The summed E-state index contributed by atoms with van der Waals surface area (Å²) in [6, 6.07) is 6.03. The number of hydrogen-bond acceptors (Lipinski definition) is 6. The third-order valence-corrected chi connectivity index (χ3v) is 7.70. The predicted octanol–water partition coefficient (Wildman–Crippen LogP) is 5.62. The Kier molecular flexibility index (Phi) is 9.91. The minimum absolute atomic E-state index is 0.113. The highest BCUT2D eigenvalue weighted by Gasteiger charge is 2.24. The molecule has 29 heavy (non-hydrogen) atoms. The third-order valence-electron chi connectivity index (χ3n) is 3.63. The van der Waals surface area contributed by atoms with Crippen LogP contribution >= 0.6 is 63.7 Å². The number of ether oxygens (including phenoxy) is 4. The van der Waals surface area contributed by atoms with Gasteiger partial charge in [-0.1, -0.05) is 0 Å². The third kappa shape index (κ3) is 6.41. The largest absolute Gasteiger partial charge is 0.489 e. The quantitative estimate of drug-likeness (QED) is 0.304. The molecule has 2 aromatic rings. The van der Waals surface area contributed by atoms with Crippen LogP contribution in [0.3, 0.4) is 0 Å². The van der Waals surface area contributed by atoms with Gasteiger partial charge in [0.25, 0.3) is 0 Å². The lowest BCUT2D eigenvalue weighted by Crippen LogP contribution is -2.08. The highest BCUT2D eigenvalue weighted by atomic mass is 79.9. The summed E-state index contributed by atoms with van der Waals surface area (Å²) in [5.41, 5.74) is 0. The van der Waals surface area contributed by atoms with Crippen LogP contribution in [0, 0.1) is 0 Å². The summed E-state index contributed by atoms with van der Waals surface area (Å²) in [7, 11) is -0.640. The summed E-state index contributed by atoms with van der Waals surface area (Å²) in [6.07, 6.45) is 0. The lowest BCUT2D eigenvalue weighted by Gasteiger charge is -2.14. The molecule has 0 aliphatic heterocycles. The van der Waals surface area contributed by atoms with Crippen molar-refractivity contribution >= 4 is 73.6 Å². The molecule has 0 aliphatic carbocycles. The topological polar surface area (TPSA) is 71.1 Å². The Morgan fingerprint density at radius 1 is 0.655 bits per heavy atom. The summed E-state index contributed by atoms with van der Waals surface area (Å²) in [6.45, 7) is 1.51.